The minimum absolute atomic E-state index is 0.0938. The molecule has 1 aliphatic carbocycles. The summed E-state index contributed by atoms with van der Waals surface area (Å²) in [5.74, 6) is -1.08. The first kappa shape index (κ1) is 33.6. The van der Waals surface area contributed by atoms with Crippen LogP contribution in [0.1, 0.15) is 31.7 Å². The topological polar surface area (TPSA) is 111 Å². The summed E-state index contributed by atoms with van der Waals surface area (Å²) in [6, 6.07) is 12.7. The van der Waals surface area contributed by atoms with Gasteiger partial charge < -0.3 is 29.6 Å². The zero-order valence-electron chi connectivity index (χ0n) is 26.4. The summed E-state index contributed by atoms with van der Waals surface area (Å²) >= 11 is 0. The molecular weight excluding hydrogens is 610 g/mol. The zero-order chi connectivity index (χ0) is 33.4. The number of nitrogens with zero attached hydrogens (tertiary/aromatic N) is 2. The zero-order valence-corrected chi connectivity index (χ0v) is 26.4. The molecule has 3 aromatic carbocycles. The third kappa shape index (κ3) is 8.13. The lowest BCUT2D eigenvalue weighted by Crippen LogP contribution is -2.37. The molecule has 47 heavy (non-hydrogen) atoms. The molecule has 0 spiro atoms. The number of anilines is 2. The highest BCUT2D eigenvalue weighted by Gasteiger charge is 2.56. The van der Waals surface area contributed by atoms with Crippen molar-refractivity contribution in [3.8, 4) is 17.2 Å². The summed E-state index contributed by atoms with van der Waals surface area (Å²) < 4.78 is 51.5. The number of halogens is 2. The highest BCUT2D eigenvalue weighted by Crippen LogP contribution is 2.47. The molecule has 1 saturated carbocycles. The van der Waals surface area contributed by atoms with Crippen LogP contribution in [0.2, 0.25) is 0 Å². The highest BCUT2D eigenvalue weighted by molar-refractivity contribution is 6.16. The SMILES string of the molecule is C=Nc1cc(OCCCN2CCOCC2)c(OC)cc1/C(=C\C)Oc1ccc(NC(=O)C2(C(=O)Nc3ccc(F)cc3)CC2)cc1F. The first-order chi connectivity index (χ1) is 22.8. The van der Waals surface area contributed by atoms with E-state index >= 15 is 4.39 Å². The number of ether oxygens (including phenoxy) is 4. The average molecular weight is 649 g/mol. The molecule has 12 heteroatoms. The number of aliphatic imine (C=N–C) groups is 1. The Morgan fingerprint density at radius 1 is 0.979 bits per heavy atom. The second-order valence-electron chi connectivity index (χ2n) is 11.2. The molecule has 10 nitrogen and oxygen atoms in total. The standard InChI is InChI=1S/C35H38F2N4O6/c1-4-29(26-21-31(44-3)32(22-28(26)38-2)46-17-5-14-41-15-18-45-19-16-41)47-30-11-10-25(20-27(30)37)40-34(43)35(12-13-35)33(42)39-24-8-6-23(36)7-9-24/h4,6-11,20-22H,2,5,12-19H2,1,3H3,(H,39,42)(H,40,43)/b29-4+. The van der Waals surface area contributed by atoms with Crippen LogP contribution in [0, 0.1) is 17.0 Å². The fourth-order valence-electron chi connectivity index (χ4n) is 5.21. The van der Waals surface area contributed by atoms with Gasteiger partial charge in [-0.2, -0.15) is 0 Å². The molecule has 1 aliphatic heterocycles. The Kier molecular flexibility index (Phi) is 10.8. The van der Waals surface area contributed by atoms with Crippen molar-refractivity contribution in [2.24, 2.45) is 10.4 Å². The number of carbonyl (C=O) groups is 2. The molecule has 2 aliphatic rings. The lowest BCUT2D eigenvalue weighted by Gasteiger charge is -2.26. The number of rotatable bonds is 14. The Hall–Kier alpha value is -4.81. The van der Waals surface area contributed by atoms with Gasteiger partial charge in [-0.3, -0.25) is 19.5 Å². The van der Waals surface area contributed by atoms with Gasteiger partial charge in [-0.1, -0.05) is 0 Å². The van der Waals surface area contributed by atoms with Crippen molar-refractivity contribution in [1.29, 1.82) is 0 Å². The van der Waals surface area contributed by atoms with E-state index in [2.05, 4.69) is 27.2 Å². The van der Waals surface area contributed by atoms with E-state index in [-0.39, 0.29) is 11.4 Å². The Bertz CT molecular complexity index is 1640. The number of methoxy groups -OCH3 is 1. The van der Waals surface area contributed by atoms with Gasteiger partial charge in [0.25, 0.3) is 0 Å². The molecule has 2 amide bonds. The van der Waals surface area contributed by atoms with Crippen LogP contribution < -0.4 is 24.8 Å². The summed E-state index contributed by atoms with van der Waals surface area (Å²) in [5, 5.41) is 5.28. The molecule has 0 atom stereocenters. The highest BCUT2D eigenvalue weighted by atomic mass is 19.1. The molecule has 1 heterocycles. The van der Waals surface area contributed by atoms with E-state index in [1.807, 2.05) is 0 Å². The summed E-state index contributed by atoms with van der Waals surface area (Å²) in [7, 11) is 1.53. The van der Waals surface area contributed by atoms with Crippen molar-refractivity contribution in [2.75, 3.05) is 57.2 Å². The van der Waals surface area contributed by atoms with Gasteiger partial charge in [-0.05, 0) is 81.4 Å². The molecule has 0 unspecified atom stereocenters. The number of hydrogen-bond donors (Lipinski definition) is 2. The number of benzene rings is 3. The van der Waals surface area contributed by atoms with E-state index in [0.29, 0.717) is 53.6 Å². The first-order valence-electron chi connectivity index (χ1n) is 15.4. The van der Waals surface area contributed by atoms with Crippen LogP contribution in [0.5, 0.6) is 17.2 Å². The van der Waals surface area contributed by atoms with Crippen molar-refractivity contribution in [1.82, 2.24) is 4.90 Å². The van der Waals surface area contributed by atoms with Gasteiger partial charge in [-0.15, -0.1) is 0 Å². The summed E-state index contributed by atoms with van der Waals surface area (Å²) in [4.78, 5) is 32.4. The lowest BCUT2D eigenvalue weighted by atomic mass is 10.0. The third-order valence-corrected chi connectivity index (χ3v) is 8.09. The van der Waals surface area contributed by atoms with Gasteiger partial charge in [0.05, 0.1) is 32.6 Å². The number of allylic oxidation sites excluding steroid dienone is 1. The summed E-state index contributed by atoms with van der Waals surface area (Å²) in [6.07, 6.45) is 3.16. The van der Waals surface area contributed by atoms with Crippen LogP contribution in [0.25, 0.3) is 5.76 Å². The molecule has 2 N–H and O–H groups in total. The van der Waals surface area contributed by atoms with Crippen molar-refractivity contribution < 1.29 is 37.3 Å². The lowest BCUT2D eigenvalue weighted by molar-refractivity contribution is -0.131. The second kappa shape index (κ2) is 15.2. The fraction of sp³-hybridized carbons (Fsp3) is 0.343. The molecule has 0 radical (unpaired) electrons. The van der Waals surface area contributed by atoms with Gasteiger partial charge in [0.1, 0.15) is 17.0 Å². The van der Waals surface area contributed by atoms with Crippen molar-refractivity contribution in [3.05, 3.63) is 77.9 Å². The van der Waals surface area contributed by atoms with E-state index in [1.54, 1.807) is 25.1 Å². The van der Waals surface area contributed by atoms with Crippen molar-refractivity contribution >= 4 is 41.4 Å². The largest absolute Gasteiger partial charge is 0.493 e. The predicted octanol–water partition coefficient (Wildman–Crippen LogP) is 6.20. The fourth-order valence-corrected chi connectivity index (χ4v) is 5.21. The maximum absolute atomic E-state index is 15.3. The minimum Gasteiger partial charge on any atom is -0.493 e. The molecular formula is C35H38F2N4O6. The molecule has 0 bridgehead atoms. The molecule has 0 aromatic heterocycles. The van der Waals surface area contributed by atoms with Crippen LogP contribution in [0.15, 0.2) is 65.7 Å². The van der Waals surface area contributed by atoms with Gasteiger partial charge in [0.15, 0.2) is 23.1 Å². The monoisotopic (exact) mass is 648 g/mol. The van der Waals surface area contributed by atoms with E-state index in [4.69, 9.17) is 18.9 Å². The average Bonchev–Trinajstić information content (AvgIpc) is 3.90. The third-order valence-electron chi connectivity index (χ3n) is 8.09. The molecule has 248 valence electrons. The smallest absolute Gasteiger partial charge is 0.240 e. The summed E-state index contributed by atoms with van der Waals surface area (Å²) in [5.41, 5.74) is 0.216. The quantitative estimate of drug-likeness (QED) is 0.0927. The van der Waals surface area contributed by atoms with Crippen molar-refractivity contribution in [3.63, 3.8) is 0 Å². The van der Waals surface area contributed by atoms with E-state index in [1.165, 1.54) is 43.5 Å². The maximum Gasteiger partial charge on any atom is 0.240 e. The Balaban J connectivity index is 1.22. The van der Waals surface area contributed by atoms with Crippen LogP contribution in [-0.4, -0.2) is 70.0 Å². The number of carbonyl (C=O) groups excluding carboxylic acids is 2. The number of morpholine rings is 1. The van der Waals surface area contributed by atoms with E-state index in [9.17, 15) is 14.0 Å². The first-order valence-corrected chi connectivity index (χ1v) is 15.4. The molecule has 1 saturated heterocycles. The Morgan fingerprint density at radius 2 is 1.66 bits per heavy atom. The normalized spacial score (nSPS) is 15.8. The van der Waals surface area contributed by atoms with E-state index < -0.39 is 28.9 Å². The van der Waals surface area contributed by atoms with Crippen LogP contribution in [0.3, 0.4) is 0 Å². The second-order valence-corrected chi connectivity index (χ2v) is 11.2. The van der Waals surface area contributed by atoms with Gasteiger partial charge in [0, 0.05) is 48.7 Å². The van der Waals surface area contributed by atoms with Gasteiger partial charge in [0.2, 0.25) is 11.8 Å². The Morgan fingerprint density at radius 3 is 2.28 bits per heavy atom. The number of nitrogens with one attached hydrogen (secondary N) is 2. The number of amides is 2. The van der Waals surface area contributed by atoms with Gasteiger partial charge >= 0.3 is 0 Å². The van der Waals surface area contributed by atoms with E-state index in [0.717, 1.165) is 45.3 Å². The number of hydrogen-bond acceptors (Lipinski definition) is 8. The summed E-state index contributed by atoms with van der Waals surface area (Å²) in [6.45, 7) is 10.1. The molecule has 3 aromatic rings. The van der Waals surface area contributed by atoms with Crippen LogP contribution >= 0.6 is 0 Å². The molecule has 2 fully saturated rings. The van der Waals surface area contributed by atoms with Crippen molar-refractivity contribution in [2.45, 2.75) is 26.2 Å². The molecule has 5 rings (SSSR count). The Labute approximate surface area is 272 Å². The van der Waals surface area contributed by atoms with Crippen LogP contribution in [0.4, 0.5) is 25.8 Å². The van der Waals surface area contributed by atoms with Gasteiger partial charge in [-0.25, -0.2) is 8.78 Å². The van der Waals surface area contributed by atoms with Crippen LogP contribution in [-0.2, 0) is 14.3 Å². The maximum atomic E-state index is 15.3. The minimum atomic E-state index is -1.29. The predicted molar refractivity (Wildman–Crippen MR) is 176 cm³/mol.